The fourth-order valence-corrected chi connectivity index (χ4v) is 4.68. The van der Waals surface area contributed by atoms with Crippen LogP contribution in [0.25, 0.3) is 32.4 Å². The van der Waals surface area contributed by atoms with E-state index >= 15 is 0 Å². The Morgan fingerprint density at radius 2 is 1.38 bits per heavy atom. The highest BCUT2D eigenvalue weighted by Crippen LogP contribution is 2.36. The second-order valence-corrected chi connectivity index (χ2v) is 8.01. The molecular formula is C27H22ClN. The minimum atomic E-state index is 0.877. The molecule has 4 aromatic carbocycles. The number of fused-ring (bicyclic) bond motifs is 6. The van der Waals surface area contributed by atoms with Gasteiger partial charge in [0.2, 0.25) is 0 Å². The Morgan fingerprint density at radius 1 is 0.655 bits per heavy atom. The average Bonchev–Trinajstić information content (AvgIpc) is 2.80. The molecule has 0 unspecified atom stereocenters. The van der Waals surface area contributed by atoms with Gasteiger partial charge < -0.3 is 0 Å². The third-order valence-electron chi connectivity index (χ3n) is 5.83. The van der Waals surface area contributed by atoms with Gasteiger partial charge in [-0.15, -0.1) is 0 Å². The summed E-state index contributed by atoms with van der Waals surface area (Å²) in [7, 11) is 0. The number of aryl methyl sites for hydroxylation is 2. The highest BCUT2D eigenvalue weighted by atomic mass is 35.5. The molecule has 29 heavy (non-hydrogen) atoms. The third-order valence-corrected chi connectivity index (χ3v) is 6.15. The van der Waals surface area contributed by atoms with Crippen LogP contribution in [0.2, 0.25) is 5.02 Å². The molecule has 5 aromatic rings. The first kappa shape index (κ1) is 18.1. The normalized spacial score (nSPS) is 13.1. The molecule has 0 radical (unpaired) electrons. The number of hydrogen-bond donors (Lipinski definition) is 0. The number of rotatable bonds is 0. The topological polar surface area (TPSA) is 12.9 Å². The van der Waals surface area contributed by atoms with Gasteiger partial charge in [0.05, 0.1) is 5.52 Å². The lowest BCUT2D eigenvalue weighted by Crippen LogP contribution is -2.03. The predicted molar refractivity (Wildman–Crippen MR) is 125 cm³/mol. The summed E-state index contributed by atoms with van der Waals surface area (Å²) >= 11 is 6.48. The zero-order valence-corrected chi connectivity index (χ0v) is 17.0. The predicted octanol–water partition coefficient (Wildman–Crippen LogP) is 7.76. The Hall–Kier alpha value is -2.90. The smallest absolute Gasteiger partial charge is 0.0701 e. The van der Waals surface area contributed by atoms with Crippen molar-refractivity contribution in [3.8, 4) is 0 Å². The first-order valence-electron chi connectivity index (χ1n) is 10.2. The lowest BCUT2D eigenvalue weighted by atomic mass is 9.86. The van der Waals surface area contributed by atoms with Crippen molar-refractivity contribution in [3.05, 3.63) is 101 Å². The Morgan fingerprint density at radius 3 is 2.28 bits per heavy atom. The molecule has 0 fully saturated rings. The zero-order chi connectivity index (χ0) is 19.6. The van der Waals surface area contributed by atoms with Gasteiger partial charge in [0.25, 0.3) is 0 Å². The minimum Gasteiger partial charge on any atom is -0.256 e. The summed E-state index contributed by atoms with van der Waals surface area (Å²) in [6, 6.07) is 27.3. The van der Waals surface area contributed by atoms with E-state index in [2.05, 4.69) is 59.6 Å². The molecule has 1 nitrogen and oxygen atoms in total. The second-order valence-electron chi connectivity index (χ2n) is 7.61. The number of nitrogens with zero attached hydrogens (tertiary/aromatic N) is 1. The molecule has 1 aliphatic rings. The molecule has 0 amide bonds. The van der Waals surface area contributed by atoms with Crippen LogP contribution >= 0.6 is 11.6 Å². The van der Waals surface area contributed by atoms with E-state index in [0.717, 1.165) is 15.9 Å². The molecule has 1 aromatic heterocycles. The van der Waals surface area contributed by atoms with Gasteiger partial charge in [-0.05, 0) is 71.2 Å². The van der Waals surface area contributed by atoms with E-state index in [9.17, 15) is 0 Å². The van der Waals surface area contributed by atoms with E-state index < -0.39 is 0 Å². The monoisotopic (exact) mass is 395 g/mol. The van der Waals surface area contributed by atoms with E-state index in [0.29, 0.717) is 0 Å². The van der Waals surface area contributed by atoms with Gasteiger partial charge in [0.1, 0.15) is 0 Å². The molecule has 0 atom stereocenters. The van der Waals surface area contributed by atoms with Gasteiger partial charge in [-0.2, -0.15) is 0 Å². The van der Waals surface area contributed by atoms with Crippen LogP contribution in [0, 0.1) is 0 Å². The maximum Gasteiger partial charge on any atom is 0.0701 e. The van der Waals surface area contributed by atoms with Crippen molar-refractivity contribution in [2.24, 2.45) is 0 Å². The minimum absolute atomic E-state index is 0.877. The lowest BCUT2D eigenvalue weighted by Gasteiger charge is -2.19. The van der Waals surface area contributed by atoms with Crippen molar-refractivity contribution in [1.82, 2.24) is 4.98 Å². The Labute approximate surface area is 176 Å². The highest BCUT2D eigenvalue weighted by Gasteiger charge is 2.14. The van der Waals surface area contributed by atoms with Crippen molar-refractivity contribution >= 4 is 44.0 Å². The summed E-state index contributed by atoms with van der Waals surface area (Å²) in [5.41, 5.74) is 4.10. The van der Waals surface area contributed by atoms with Gasteiger partial charge in [0.15, 0.2) is 0 Å². The van der Waals surface area contributed by atoms with E-state index in [-0.39, 0.29) is 0 Å². The number of pyridine rings is 1. The van der Waals surface area contributed by atoms with E-state index in [4.69, 9.17) is 11.6 Å². The van der Waals surface area contributed by atoms with Crippen molar-refractivity contribution in [3.63, 3.8) is 0 Å². The number of hydrogen-bond acceptors (Lipinski definition) is 1. The number of benzene rings is 4. The zero-order valence-electron chi connectivity index (χ0n) is 16.2. The largest absolute Gasteiger partial charge is 0.256 e. The number of aromatic nitrogens is 1. The quantitative estimate of drug-likeness (QED) is 0.244. The number of para-hydroxylation sites is 1. The van der Waals surface area contributed by atoms with E-state index in [1.54, 1.807) is 0 Å². The summed E-state index contributed by atoms with van der Waals surface area (Å²) in [5, 5.41) is 7.22. The molecular weight excluding hydrogens is 374 g/mol. The van der Waals surface area contributed by atoms with Gasteiger partial charge >= 0.3 is 0 Å². The van der Waals surface area contributed by atoms with Crippen molar-refractivity contribution in [2.75, 3.05) is 0 Å². The summed E-state index contributed by atoms with van der Waals surface area (Å²) in [6.45, 7) is 0. The molecule has 2 heteroatoms. The molecule has 1 aliphatic carbocycles. The number of halogens is 1. The Balaban J connectivity index is 0.000000153. The molecule has 0 spiro atoms. The van der Waals surface area contributed by atoms with Crippen LogP contribution in [-0.2, 0) is 12.8 Å². The van der Waals surface area contributed by atoms with Gasteiger partial charge in [0, 0.05) is 22.0 Å². The molecule has 0 saturated carbocycles. The lowest BCUT2D eigenvalue weighted by molar-refractivity contribution is 0.690. The summed E-state index contributed by atoms with van der Waals surface area (Å²) < 4.78 is 0. The summed E-state index contributed by atoms with van der Waals surface area (Å²) in [6.07, 6.45) is 6.84. The molecule has 6 rings (SSSR count). The van der Waals surface area contributed by atoms with Crippen molar-refractivity contribution in [2.45, 2.75) is 25.7 Å². The first-order valence-corrected chi connectivity index (χ1v) is 10.6. The van der Waals surface area contributed by atoms with Crippen LogP contribution in [0.3, 0.4) is 0 Å². The molecule has 0 bridgehead atoms. The van der Waals surface area contributed by atoms with Crippen LogP contribution in [0.5, 0.6) is 0 Å². The fourth-order valence-electron chi connectivity index (χ4n) is 4.40. The molecule has 1 heterocycles. The SMILES string of the molecule is Clc1cc2c3c(ccc2c2ccccc12)CCCC3.c1ccc2ncccc2c1. The van der Waals surface area contributed by atoms with E-state index in [1.165, 1.54) is 58.4 Å². The molecule has 0 N–H and O–H groups in total. The molecule has 0 saturated heterocycles. The first-order chi connectivity index (χ1) is 14.3. The average molecular weight is 396 g/mol. The third kappa shape index (κ3) is 3.47. The van der Waals surface area contributed by atoms with Gasteiger partial charge in [-0.3, -0.25) is 4.98 Å². The second kappa shape index (κ2) is 7.85. The van der Waals surface area contributed by atoms with Gasteiger partial charge in [-0.1, -0.05) is 72.3 Å². The van der Waals surface area contributed by atoms with E-state index in [1.807, 2.05) is 30.5 Å². The maximum atomic E-state index is 6.48. The fraction of sp³-hybridized carbons (Fsp3) is 0.148. The molecule has 0 aliphatic heterocycles. The van der Waals surface area contributed by atoms with Crippen LogP contribution < -0.4 is 0 Å². The summed E-state index contributed by atoms with van der Waals surface area (Å²) in [4.78, 5) is 4.18. The maximum absolute atomic E-state index is 6.48. The van der Waals surface area contributed by atoms with Crippen LogP contribution in [-0.4, -0.2) is 4.98 Å². The highest BCUT2D eigenvalue weighted by molar-refractivity contribution is 6.37. The Bertz CT molecular complexity index is 1260. The van der Waals surface area contributed by atoms with Crippen LogP contribution in [0.1, 0.15) is 24.0 Å². The Kier molecular flexibility index (Phi) is 4.91. The van der Waals surface area contributed by atoms with Crippen molar-refractivity contribution < 1.29 is 0 Å². The summed E-state index contributed by atoms with van der Waals surface area (Å²) in [5.74, 6) is 0. The van der Waals surface area contributed by atoms with Gasteiger partial charge in [-0.25, -0.2) is 0 Å². The molecule has 142 valence electrons. The van der Waals surface area contributed by atoms with Crippen molar-refractivity contribution in [1.29, 1.82) is 0 Å². The standard InChI is InChI=1S/C18H15Cl.C9H7N/c19-18-11-17-13-6-2-1-5-12(13)9-10-15(17)14-7-3-4-8-16(14)18;1-2-6-9-8(4-1)5-3-7-10-9/h3-4,7-11H,1-2,5-6H2;1-7H. The van der Waals surface area contributed by atoms with Crippen LogP contribution in [0.15, 0.2) is 85.1 Å². The van der Waals surface area contributed by atoms with Crippen LogP contribution in [0.4, 0.5) is 0 Å².